The third-order valence-electron chi connectivity index (χ3n) is 2.27. The van der Waals surface area contributed by atoms with Crippen LogP contribution >= 0.6 is 43.2 Å². The summed E-state index contributed by atoms with van der Waals surface area (Å²) in [4.78, 5) is 12.5. The van der Waals surface area contributed by atoms with Gasteiger partial charge in [-0.2, -0.15) is 0 Å². The van der Waals surface area contributed by atoms with E-state index in [4.69, 9.17) is 0 Å². The van der Waals surface area contributed by atoms with E-state index in [0.29, 0.717) is 10.6 Å². The summed E-state index contributed by atoms with van der Waals surface area (Å²) in [7, 11) is 0. The van der Waals surface area contributed by atoms with Crippen LogP contribution in [-0.4, -0.2) is 11.0 Å². The maximum atomic E-state index is 12.0. The molecule has 2 aromatic rings. The molecule has 2 rings (SSSR count). The van der Waals surface area contributed by atoms with E-state index in [1.165, 1.54) is 11.3 Å². The summed E-state index contributed by atoms with van der Waals surface area (Å²) in [6.07, 6.45) is 0. The van der Waals surface area contributed by atoms with Crippen molar-refractivity contribution in [3.05, 3.63) is 43.0 Å². The van der Waals surface area contributed by atoms with E-state index in [9.17, 15) is 9.90 Å². The SMILES string of the molecule is Cc1ccc(NC(=O)c2cc(Br)c(Br)s2)c(O)c1. The molecule has 1 amide bonds. The van der Waals surface area contributed by atoms with Crippen molar-refractivity contribution in [1.82, 2.24) is 0 Å². The zero-order chi connectivity index (χ0) is 13.3. The Morgan fingerprint density at radius 2 is 2.06 bits per heavy atom. The fourth-order valence-electron chi connectivity index (χ4n) is 1.39. The minimum Gasteiger partial charge on any atom is -0.506 e. The van der Waals surface area contributed by atoms with Crippen LogP contribution in [-0.2, 0) is 0 Å². The molecule has 0 bridgehead atoms. The Bertz CT molecular complexity index is 591. The number of amides is 1. The molecule has 3 nitrogen and oxygen atoms in total. The number of carbonyl (C=O) groups excluding carboxylic acids is 1. The average molecular weight is 391 g/mol. The summed E-state index contributed by atoms with van der Waals surface area (Å²) < 4.78 is 1.70. The molecule has 1 aromatic heterocycles. The Morgan fingerprint density at radius 1 is 1.33 bits per heavy atom. The largest absolute Gasteiger partial charge is 0.506 e. The van der Waals surface area contributed by atoms with E-state index in [2.05, 4.69) is 37.2 Å². The van der Waals surface area contributed by atoms with Crippen LogP contribution in [0, 0.1) is 6.92 Å². The number of benzene rings is 1. The number of thiophene rings is 1. The molecule has 0 aliphatic rings. The molecule has 0 unspecified atom stereocenters. The molecule has 2 N–H and O–H groups in total. The number of nitrogens with one attached hydrogen (secondary N) is 1. The fourth-order valence-corrected chi connectivity index (χ4v) is 3.32. The van der Waals surface area contributed by atoms with Gasteiger partial charge in [0.05, 0.1) is 14.4 Å². The van der Waals surface area contributed by atoms with E-state index < -0.39 is 0 Å². The first-order valence-corrected chi connectivity index (χ1v) is 7.43. The van der Waals surface area contributed by atoms with E-state index in [-0.39, 0.29) is 11.7 Å². The first kappa shape index (κ1) is 13.6. The van der Waals surface area contributed by atoms with E-state index in [0.717, 1.165) is 13.8 Å². The zero-order valence-corrected chi connectivity index (χ0v) is 13.3. The van der Waals surface area contributed by atoms with Gasteiger partial charge in [-0.15, -0.1) is 11.3 Å². The van der Waals surface area contributed by atoms with Crippen LogP contribution in [0.2, 0.25) is 0 Å². The van der Waals surface area contributed by atoms with Crippen LogP contribution in [0.3, 0.4) is 0 Å². The van der Waals surface area contributed by atoms with E-state index in [1.807, 2.05) is 13.0 Å². The summed E-state index contributed by atoms with van der Waals surface area (Å²) in [6.45, 7) is 1.87. The predicted molar refractivity (Wildman–Crippen MR) is 80.5 cm³/mol. The lowest BCUT2D eigenvalue weighted by molar-refractivity contribution is 0.103. The van der Waals surface area contributed by atoms with Crippen LogP contribution in [0.25, 0.3) is 0 Å². The van der Waals surface area contributed by atoms with E-state index >= 15 is 0 Å². The minimum atomic E-state index is -0.245. The van der Waals surface area contributed by atoms with Crippen molar-refractivity contribution in [1.29, 1.82) is 0 Å². The highest BCUT2D eigenvalue weighted by Crippen LogP contribution is 2.33. The Balaban J connectivity index is 2.21. The van der Waals surface area contributed by atoms with Crippen molar-refractivity contribution in [3.8, 4) is 5.75 Å². The number of rotatable bonds is 2. The molecular weight excluding hydrogens is 382 g/mol. The van der Waals surface area contributed by atoms with Gasteiger partial charge in [0.1, 0.15) is 5.75 Å². The van der Waals surface area contributed by atoms with Gasteiger partial charge < -0.3 is 10.4 Å². The maximum absolute atomic E-state index is 12.0. The quantitative estimate of drug-likeness (QED) is 0.739. The third-order valence-corrected chi connectivity index (χ3v) is 5.53. The summed E-state index contributed by atoms with van der Waals surface area (Å²) in [6, 6.07) is 6.85. The lowest BCUT2D eigenvalue weighted by Crippen LogP contribution is -2.10. The van der Waals surface area contributed by atoms with Gasteiger partial charge in [-0.1, -0.05) is 6.07 Å². The Hall–Kier alpha value is -0.850. The topological polar surface area (TPSA) is 49.3 Å². The van der Waals surface area contributed by atoms with Gasteiger partial charge in [0.2, 0.25) is 0 Å². The van der Waals surface area contributed by atoms with Crippen LogP contribution in [0.15, 0.2) is 32.5 Å². The molecule has 6 heteroatoms. The van der Waals surface area contributed by atoms with Gasteiger partial charge in [-0.3, -0.25) is 4.79 Å². The molecule has 18 heavy (non-hydrogen) atoms. The molecule has 0 saturated carbocycles. The van der Waals surface area contributed by atoms with Gasteiger partial charge in [-0.25, -0.2) is 0 Å². The normalized spacial score (nSPS) is 10.4. The molecule has 0 saturated heterocycles. The molecule has 0 atom stereocenters. The number of hydrogen-bond acceptors (Lipinski definition) is 3. The first-order valence-electron chi connectivity index (χ1n) is 5.03. The van der Waals surface area contributed by atoms with E-state index in [1.54, 1.807) is 18.2 Å². The molecule has 0 aliphatic heterocycles. The lowest BCUT2D eigenvalue weighted by Gasteiger charge is -2.06. The maximum Gasteiger partial charge on any atom is 0.265 e. The molecule has 94 valence electrons. The second kappa shape index (κ2) is 5.42. The van der Waals surface area contributed by atoms with Gasteiger partial charge >= 0.3 is 0 Å². The smallest absolute Gasteiger partial charge is 0.265 e. The van der Waals surface area contributed by atoms with Crippen LogP contribution < -0.4 is 5.32 Å². The third kappa shape index (κ3) is 2.93. The Morgan fingerprint density at radius 3 is 2.61 bits per heavy atom. The lowest BCUT2D eigenvalue weighted by atomic mass is 10.2. The molecule has 1 heterocycles. The molecule has 0 aliphatic carbocycles. The highest BCUT2D eigenvalue weighted by atomic mass is 79.9. The van der Waals surface area contributed by atoms with Crippen molar-refractivity contribution in [2.45, 2.75) is 6.92 Å². The standard InChI is InChI=1S/C12H9Br2NO2S/c1-6-2-3-8(9(16)4-6)15-12(17)10-5-7(13)11(14)18-10/h2-5,16H,1H3,(H,15,17). The molecule has 0 radical (unpaired) electrons. The van der Waals surface area contributed by atoms with Crippen molar-refractivity contribution in [2.24, 2.45) is 0 Å². The second-order valence-corrected chi connectivity index (χ2v) is 6.93. The van der Waals surface area contributed by atoms with Crippen molar-refractivity contribution >= 4 is 54.8 Å². The number of aryl methyl sites for hydroxylation is 1. The second-order valence-electron chi connectivity index (χ2n) is 3.71. The number of phenols is 1. The summed E-state index contributed by atoms with van der Waals surface area (Å²) in [5.41, 5.74) is 1.35. The fraction of sp³-hybridized carbons (Fsp3) is 0.0833. The van der Waals surface area contributed by atoms with Crippen molar-refractivity contribution in [2.75, 3.05) is 5.32 Å². The number of hydrogen-bond donors (Lipinski definition) is 2. The van der Waals surface area contributed by atoms with Crippen molar-refractivity contribution in [3.63, 3.8) is 0 Å². The Labute approximate surface area is 125 Å². The molecule has 0 fully saturated rings. The van der Waals surface area contributed by atoms with Crippen LogP contribution in [0.1, 0.15) is 15.2 Å². The van der Waals surface area contributed by atoms with Gasteiger partial charge in [0.15, 0.2) is 0 Å². The average Bonchev–Trinajstić information content (AvgIpc) is 2.63. The number of phenolic OH excluding ortho intramolecular Hbond substituents is 1. The molecular formula is C12H9Br2NO2S. The van der Waals surface area contributed by atoms with Crippen LogP contribution in [0.5, 0.6) is 5.75 Å². The number of aromatic hydroxyl groups is 1. The van der Waals surface area contributed by atoms with Crippen molar-refractivity contribution < 1.29 is 9.90 Å². The van der Waals surface area contributed by atoms with Gasteiger partial charge in [0.25, 0.3) is 5.91 Å². The molecule has 0 spiro atoms. The number of anilines is 1. The highest BCUT2D eigenvalue weighted by Gasteiger charge is 2.13. The predicted octanol–water partition coefficient (Wildman–Crippen LogP) is 4.54. The number of halogens is 2. The minimum absolute atomic E-state index is 0.0676. The summed E-state index contributed by atoms with van der Waals surface area (Å²) in [5, 5.41) is 12.4. The van der Waals surface area contributed by atoms with Crippen LogP contribution in [0.4, 0.5) is 5.69 Å². The number of carbonyl (C=O) groups is 1. The Kier molecular flexibility index (Phi) is 4.09. The molecule has 1 aromatic carbocycles. The van der Waals surface area contributed by atoms with Gasteiger partial charge in [0, 0.05) is 4.47 Å². The monoisotopic (exact) mass is 389 g/mol. The first-order chi connectivity index (χ1) is 8.47. The highest BCUT2D eigenvalue weighted by molar-refractivity contribution is 9.13. The summed E-state index contributed by atoms with van der Waals surface area (Å²) in [5.74, 6) is -0.177. The summed E-state index contributed by atoms with van der Waals surface area (Å²) >= 11 is 7.99. The zero-order valence-electron chi connectivity index (χ0n) is 9.33. The van der Waals surface area contributed by atoms with Gasteiger partial charge in [-0.05, 0) is 62.5 Å².